The molecule has 0 bridgehead atoms. The van der Waals surface area contributed by atoms with Crippen LogP contribution in [0.5, 0.6) is 0 Å². The predicted octanol–water partition coefficient (Wildman–Crippen LogP) is 4.18. The highest BCUT2D eigenvalue weighted by Crippen LogP contribution is 2.32. The smallest absolute Gasteiger partial charge is 0.336 e. The summed E-state index contributed by atoms with van der Waals surface area (Å²) in [5.74, 6) is -0.919. The molecule has 3 rings (SSSR count). The number of aromatic carboxylic acids is 1. The lowest BCUT2D eigenvalue weighted by molar-refractivity contribution is 0.0698. The molecule has 0 atom stereocenters. The van der Waals surface area contributed by atoms with Crippen molar-refractivity contribution < 1.29 is 18.3 Å². The Bertz CT molecular complexity index is 1020. The van der Waals surface area contributed by atoms with Crippen LogP contribution in [0.1, 0.15) is 35.2 Å². The average molecular weight is 397 g/mol. The van der Waals surface area contributed by atoms with Gasteiger partial charge in [0.15, 0.2) is 0 Å². The van der Waals surface area contributed by atoms with Gasteiger partial charge >= 0.3 is 5.97 Å². The Morgan fingerprint density at radius 3 is 2.18 bits per heavy atom. The SMILES string of the molecule is O=C(O)c1cc(CCCCCNS(=O)(=O)c2ccccc2)c2cccccc1-2. The van der Waals surface area contributed by atoms with Crippen LogP contribution in [-0.2, 0) is 16.4 Å². The van der Waals surface area contributed by atoms with Crippen LogP contribution in [0, 0.1) is 0 Å². The molecule has 0 spiro atoms. The fourth-order valence-electron chi connectivity index (χ4n) is 3.28. The first-order valence-electron chi connectivity index (χ1n) is 9.28. The van der Waals surface area contributed by atoms with E-state index in [2.05, 4.69) is 4.72 Å². The van der Waals surface area contributed by atoms with E-state index in [1.165, 1.54) is 0 Å². The van der Waals surface area contributed by atoms with Gasteiger partial charge in [0, 0.05) is 6.54 Å². The minimum Gasteiger partial charge on any atom is -0.478 e. The van der Waals surface area contributed by atoms with Crippen molar-refractivity contribution in [3.05, 3.63) is 77.9 Å². The third-order valence-corrected chi connectivity index (χ3v) is 6.17. The molecule has 5 nitrogen and oxygen atoms in total. The van der Waals surface area contributed by atoms with Crippen molar-refractivity contribution in [2.24, 2.45) is 0 Å². The number of aryl methyl sites for hydroxylation is 1. The summed E-state index contributed by atoms with van der Waals surface area (Å²) < 4.78 is 26.9. The number of nitrogens with one attached hydrogen (secondary N) is 1. The van der Waals surface area contributed by atoms with Gasteiger partial charge < -0.3 is 5.11 Å². The molecular weight excluding hydrogens is 374 g/mol. The molecule has 1 aromatic rings. The molecule has 146 valence electrons. The van der Waals surface area contributed by atoms with Crippen LogP contribution in [-0.4, -0.2) is 26.0 Å². The second kappa shape index (κ2) is 8.99. The highest BCUT2D eigenvalue weighted by atomic mass is 32.2. The van der Waals surface area contributed by atoms with Gasteiger partial charge in [-0.2, -0.15) is 0 Å². The summed E-state index contributed by atoms with van der Waals surface area (Å²) in [6.45, 7) is 0.383. The lowest BCUT2D eigenvalue weighted by Gasteiger charge is -2.07. The largest absolute Gasteiger partial charge is 0.478 e. The Balaban J connectivity index is 1.52. The molecule has 0 fully saturated rings. The number of carbonyl (C=O) groups is 1. The molecule has 0 heterocycles. The summed E-state index contributed by atoms with van der Waals surface area (Å²) >= 11 is 0. The minimum absolute atomic E-state index is 0.271. The Morgan fingerprint density at radius 2 is 1.50 bits per heavy atom. The maximum absolute atomic E-state index is 12.2. The van der Waals surface area contributed by atoms with Crippen molar-refractivity contribution in [1.82, 2.24) is 4.72 Å². The number of benzene rings is 1. The van der Waals surface area contributed by atoms with E-state index in [4.69, 9.17) is 0 Å². The molecule has 2 aliphatic carbocycles. The maximum Gasteiger partial charge on any atom is 0.336 e. The highest BCUT2D eigenvalue weighted by Gasteiger charge is 2.18. The molecule has 0 radical (unpaired) electrons. The fraction of sp³-hybridized carbons (Fsp3) is 0.227. The summed E-state index contributed by atoms with van der Waals surface area (Å²) in [7, 11) is -3.46. The Kier molecular flexibility index (Phi) is 6.44. The molecule has 1 aromatic carbocycles. The van der Waals surface area contributed by atoms with Crippen molar-refractivity contribution in [2.75, 3.05) is 6.54 Å². The predicted molar refractivity (Wildman–Crippen MR) is 109 cm³/mol. The van der Waals surface area contributed by atoms with Crippen LogP contribution in [0.25, 0.3) is 11.1 Å². The zero-order chi connectivity index (χ0) is 20.0. The molecule has 2 N–H and O–H groups in total. The average Bonchev–Trinajstić information content (AvgIpc) is 2.86. The molecule has 28 heavy (non-hydrogen) atoms. The third-order valence-electron chi connectivity index (χ3n) is 4.69. The van der Waals surface area contributed by atoms with Gasteiger partial charge in [-0.1, -0.05) is 55.0 Å². The van der Waals surface area contributed by atoms with E-state index in [-0.39, 0.29) is 4.90 Å². The van der Waals surface area contributed by atoms with Crippen molar-refractivity contribution in [3.63, 3.8) is 0 Å². The second-order valence-electron chi connectivity index (χ2n) is 6.65. The van der Waals surface area contributed by atoms with Crippen molar-refractivity contribution in [2.45, 2.75) is 30.6 Å². The summed E-state index contributed by atoms with van der Waals surface area (Å²) in [5.41, 5.74) is 3.07. The van der Waals surface area contributed by atoms with Crippen molar-refractivity contribution in [3.8, 4) is 11.1 Å². The minimum atomic E-state index is -3.46. The van der Waals surface area contributed by atoms with Crippen LogP contribution >= 0.6 is 0 Å². The fourth-order valence-corrected chi connectivity index (χ4v) is 4.38. The highest BCUT2D eigenvalue weighted by molar-refractivity contribution is 7.89. The van der Waals surface area contributed by atoms with Gasteiger partial charge in [-0.05, 0) is 54.2 Å². The summed E-state index contributed by atoms with van der Waals surface area (Å²) in [5, 5.41) is 9.42. The Labute approximate surface area is 165 Å². The van der Waals surface area contributed by atoms with E-state index < -0.39 is 16.0 Å². The zero-order valence-corrected chi connectivity index (χ0v) is 16.3. The molecule has 0 saturated heterocycles. The summed E-state index contributed by atoms with van der Waals surface area (Å²) in [6.07, 6.45) is 3.21. The molecule has 0 amide bonds. The number of carboxylic acids is 1. The van der Waals surface area contributed by atoms with Gasteiger partial charge in [0.2, 0.25) is 10.0 Å². The van der Waals surface area contributed by atoms with E-state index in [0.29, 0.717) is 12.1 Å². The molecular formula is C22H23NO4S. The number of hydrogen-bond donors (Lipinski definition) is 2. The van der Waals surface area contributed by atoms with E-state index in [1.54, 1.807) is 36.4 Å². The van der Waals surface area contributed by atoms with Gasteiger partial charge in [0.25, 0.3) is 0 Å². The third kappa shape index (κ3) is 4.77. The Morgan fingerprint density at radius 1 is 0.857 bits per heavy atom. The maximum atomic E-state index is 12.2. The van der Waals surface area contributed by atoms with Crippen LogP contribution in [0.15, 0.2) is 71.6 Å². The number of fused-ring (bicyclic) bond motifs is 1. The molecule has 2 aliphatic rings. The normalized spacial score (nSPS) is 11.6. The number of carboxylic acid groups (broad SMARTS) is 1. The number of unbranched alkanes of at least 4 members (excludes halogenated alkanes) is 2. The van der Waals surface area contributed by atoms with E-state index in [1.807, 2.05) is 30.3 Å². The lowest BCUT2D eigenvalue weighted by atomic mass is 10.0. The molecule has 6 heteroatoms. The van der Waals surface area contributed by atoms with Crippen LogP contribution < -0.4 is 4.72 Å². The standard InChI is InChI=1S/C22H23NO4S/c24-22(25)21-16-17(19-13-7-2-8-14-20(19)21)10-4-3-9-15-23-28(26,27)18-11-5-1-6-12-18/h1-2,5-8,11-14,16,23H,3-4,9-10,15H2,(H,24,25). The second-order valence-corrected chi connectivity index (χ2v) is 8.41. The molecule has 0 aromatic heterocycles. The quantitative estimate of drug-likeness (QED) is 0.531. The first kappa shape index (κ1) is 20.0. The number of sulfonamides is 1. The van der Waals surface area contributed by atoms with Crippen molar-refractivity contribution in [1.29, 1.82) is 0 Å². The van der Waals surface area contributed by atoms with Gasteiger partial charge in [0.05, 0.1) is 10.5 Å². The van der Waals surface area contributed by atoms with Gasteiger partial charge in [0.1, 0.15) is 0 Å². The first-order valence-corrected chi connectivity index (χ1v) is 10.8. The summed E-state index contributed by atoms with van der Waals surface area (Å²) in [4.78, 5) is 11.8. The number of rotatable bonds is 9. The zero-order valence-electron chi connectivity index (χ0n) is 15.5. The van der Waals surface area contributed by atoms with E-state index in [0.717, 1.165) is 42.4 Å². The van der Waals surface area contributed by atoms with Gasteiger partial charge in [-0.25, -0.2) is 17.9 Å². The monoisotopic (exact) mass is 397 g/mol. The van der Waals surface area contributed by atoms with Gasteiger partial charge in [-0.3, -0.25) is 0 Å². The summed E-state index contributed by atoms with van der Waals surface area (Å²) in [6, 6.07) is 19.5. The Hall–Kier alpha value is -2.70. The molecule has 0 aliphatic heterocycles. The topological polar surface area (TPSA) is 83.5 Å². The first-order chi connectivity index (χ1) is 13.5. The number of hydrogen-bond acceptors (Lipinski definition) is 3. The van der Waals surface area contributed by atoms with Crippen LogP contribution in [0.2, 0.25) is 0 Å². The van der Waals surface area contributed by atoms with Crippen LogP contribution in [0.3, 0.4) is 0 Å². The van der Waals surface area contributed by atoms with E-state index in [9.17, 15) is 18.3 Å². The lowest BCUT2D eigenvalue weighted by Crippen LogP contribution is -2.24. The van der Waals surface area contributed by atoms with Gasteiger partial charge in [-0.15, -0.1) is 0 Å². The van der Waals surface area contributed by atoms with Crippen molar-refractivity contribution >= 4 is 16.0 Å². The van der Waals surface area contributed by atoms with E-state index >= 15 is 0 Å². The molecule has 0 unspecified atom stereocenters. The molecule has 0 saturated carbocycles. The van der Waals surface area contributed by atoms with Crippen LogP contribution in [0.4, 0.5) is 0 Å².